The molecule has 1 atom stereocenters. The van der Waals surface area contributed by atoms with Crippen LogP contribution in [0.5, 0.6) is 5.75 Å². The Labute approximate surface area is 208 Å². The van der Waals surface area contributed by atoms with E-state index in [-0.39, 0.29) is 30.8 Å². The van der Waals surface area contributed by atoms with Gasteiger partial charge in [0, 0.05) is 12.6 Å². The molecule has 1 saturated heterocycles. The zero-order chi connectivity index (χ0) is 23.3. The highest BCUT2D eigenvalue weighted by atomic mass is 35.5. The molecule has 1 aliphatic heterocycles. The van der Waals surface area contributed by atoms with Crippen molar-refractivity contribution in [1.82, 2.24) is 4.90 Å². The Morgan fingerprint density at radius 1 is 0.971 bits per heavy atom. The van der Waals surface area contributed by atoms with Gasteiger partial charge in [0.05, 0.1) is 17.3 Å². The van der Waals surface area contributed by atoms with E-state index in [1.165, 1.54) is 5.56 Å². The molecule has 0 radical (unpaired) electrons. The molecule has 0 spiro atoms. The monoisotopic (exact) mass is 501 g/mol. The van der Waals surface area contributed by atoms with Gasteiger partial charge in [-0.15, -0.1) is 12.4 Å². The lowest BCUT2D eigenvalue weighted by Crippen LogP contribution is -2.31. The molecular weight excluding hydrogens is 470 g/mol. The van der Waals surface area contributed by atoms with Crippen LogP contribution in [0, 0.1) is 6.92 Å². The van der Waals surface area contributed by atoms with Crippen LogP contribution in [-0.4, -0.2) is 37.6 Å². The molecule has 0 bridgehead atoms. The number of sulfone groups is 1. The number of rotatable bonds is 9. The van der Waals surface area contributed by atoms with Gasteiger partial charge in [0.2, 0.25) is 0 Å². The van der Waals surface area contributed by atoms with Crippen molar-refractivity contribution in [1.29, 1.82) is 0 Å². The Morgan fingerprint density at radius 3 is 2.38 bits per heavy atom. The number of nitrogens with zero attached hydrogens (tertiary/aromatic N) is 1. The fourth-order valence-electron chi connectivity index (χ4n) is 4.37. The summed E-state index contributed by atoms with van der Waals surface area (Å²) >= 11 is 0. The summed E-state index contributed by atoms with van der Waals surface area (Å²) in [7, 11) is -3.41. The van der Waals surface area contributed by atoms with E-state index in [1.54, 1.807) is 24.3 Å². The second-order valence-electron chi connectivity index (χ2n) is 8.78. The number of aryl methyl sites for hydroxylation is 1. The third-order valence-corrected chi connectivity index (χ3v) is 7.80. The Balaban J connectivity index is 0.00000324. The molecule has 0 aromatic heterocycles. The summed E-state index contributed by atoms with van der Waals surface area (Å²) in [5.74, 6) is 0.606. The summed E-state index contributed by atoms with van der Waals surface area (Å²) in [6, 6.07) is 22.8. The van der Waals surface area contributed by atoms with Gasteiger partial charge in [-0.2, -0.15) is 0 Å². The van der Waals surface area contributed by atoms with E-state index >= 15 is 0 Å². The predicted octanol–water partition coefficient (Wildman–Crippen LogP) is 4.93. The van der Waals surface area contributed by atoms with Crippen LogP contribution in [0.4, 0.5) is 0 Å². The van der Waals surface area contributed by atoms with Crippen molar-refractivity contribution >= 4 is 22.2 Å². The van der Waals surface area contributed by atoms with E-state index < -0.39 is 9.84 Å². The third kappa shape index (κ3) is 6.83. The van der Waals surface area contributed by atoms with Gasteiger partial charge < -0.3 is 9.84 Å². The molecule has 7 heteroatoms. The first-order valence-electron chi connectivity index (χ1n) is 11.4. The van der Waals surface area contributed by atoms with Crippen LogP contribution >= 0.6 is 12.4 Å². The molecule has 0 amide bonds. The zero-order valence-electron chi connectivity index (χ0n) is 19.4. The van der Waals surface area contributed by atoms with Gasteiger partial charge in [-0.05, 0) is 72.8 Å². The van der Waals surface area contributed by atoms with Gasteiger partial charge >= 0.3 is 0 Å². The maximum absolute atomic E-state index is 12.7. The molecule has 0 saturated carbocycles. The summed E-state index contributed by atoms with van der Waals surface area (Å²) in [6.07, 6.45) is 2.20. The molecule has 1 heterocycles. The fourth-order valence-corrected chi connectivity index (χ4v) is 5.72. The van der Waals surface area contributed by atoms with Crippen molar-refractivity contribution < 1.29 is 18.3 Å². The lowest BCUT2D eigenvalue weighted by molar-refractivity contribution is 0.153. The van der Waals surface area contributed by atoms with Crippen molar-refractivity contribution in [2.45, 2.75) is 49.6 Å². The van der Waals surface area contributed by atoms with Gasteiger partial charge in [-0.25, -0.2) is 8.42 Å². The van der Waals surface area contributed by atoms with Crippen molar-refractivity contribution in [3.8, 4) is 5.75 Å². The van der Waals surface area contributed by atoms with Gasteiger partial charge in [0.1, 0.15) is 12.4 Å². The molecule has 34 heavy (non-hydrogen) atoms. The van der Waals surface area contributed by atoms with Crippen molar-refractivity contribution in [3.05, 3.63) is 95.1 Å². The van der Waals surface area contributed by atoms with E-state index in [4.69, 9.17) is 4.74 Å². The standard InChI is InChI=1S/C27H31NO4S.ClH/c1-21-14-24(20-33(30,31)27-7-3-2-4-8-27)16-26(15-21)32-19-23-11-9-22(10-12-23)17-28-13-5-6-25(28)18-29;/h2-4,7-12,14-16,25,29H,5-6,13,17-20H2,1H3;1H/t25-;/m1./s1. The predicted molar refractivity (Wildman–Crippen MR) is 137 cm³/mol. The number of hydrogen-bond acceptors (Lipinski definition) is 5. The Hall–Kier alpha value is -2.38. The average molecular weight is 502 g/mol. The van der Waals surface area contributed by atoms with Crippen molar-refractivity contribution in [2.75, 3.05) is 13.2 Å². The molecular formula is C27H32ClNO4S. The minimum atomic E-state index is -3.41. The summed E-state index contributed by atoms with van der Waals surface area (Å²) in [5.41, 5.74) is 3.96. The second-order valence-corrected chi connectivity index (χ2v) is 10.8. The van der Waals surface area contributed by atoms with Gasteiger partial charge in [-0.3, -0.25) is 4.90 Å². The fraction of sp³-hybridized carbons (Fsp3) is 0.333. The molecule has 1 N–H and O–H groups in total. The van der Waals surface area contributed by atoms with Crippen LogP contribution < -0.4 is 4.74 Å². The molecule has 0 aliphatic carbocycles. The lowest BCUT2D eigenvalue weighted by atomic mass is 10.1. The number of likely N-dealkylation sites (tertiary alicyclic amines) is 1. The highest BCUT2D eigenvalue weighted by Crippen LogP contribution is 2.23. The highest BCUT2D eigenvalue weighted by Gasteiger charge is 2.23. The molecule has 4 rings (SSSR count). The summed E-state index contributed by atoms with van der Waals surface area (Å²) in [4.78, 5) is 2.66. The molecule has 182 valence electrons. The van der Waals surface area contributed by atoms with E-state index in [2.05, 4.69) is 29.2 Å². The summed E-state index contributed by atoms with van der Waals surface area (Å²) in [6.45, 7) is 4.46. The van der Waals surface area contributed by atoms with Gasteiger partial charge in [-0.1, -0.05) is 48.5 Å². The number of benzene rings is 3. The first-order chi connectivity index (χ1) is 15.9. The normalized spacial score (nSPS) is 16.2. The summed E-state index contributed by atoms with van der Waals surface area (Å²) < 4.78 is 31.5. The van der Waals surface area contributed by atoms with E-state index in [1.807, 2.05) is 31.2 Å². The average Bonchev–Trinajstić information content (AvgIpc) is 3.25. The maximum atomic E-state index is 12.7. The Kier molecular flexibility index (Phi) is 9.14. The number of aliphatic hydroxyl groups is 1. The number of aliphatic hydroxyl groups excluding tert-OH is 1. The van der Waals surface area contributed by atoms with Crippen LogP contribution in [-0.2, 0) is 28.7 Å². The van der Waals surface area contributed by atoms with Gasteiger partial charge in [0.15, 0.2) is 9.84 Å². The minimum Gasteiger partial charge on any atom is -0.489 e. The third-order valence-electron chi connectivity index (χ3n) is 6.09. The molecule has 1 fully saturated rings. The molecule has 3 aromatic rings. The van der Waals surface area contributed by atoms with Crippen LogP contribution in [0.2, 0.25) is 0 Å². The largest absolute Gasteiger partial charge is 0.489 e. The van der Waals surface area contributed by atoms with Crippen LogP contribution in [0.3, 0.4) is 0 Å². The SMILES string of the molecule is Cc1cc(CS(=O)(=O)c2ccccc2)cc(OCc2ccc(CN3CCC[C@@H]3CO)cc2)c1.Cl. The highest BCUT2D eigenvalue weighted by molar-refractivity contribution is 7.90. The molecule has 1 aliphatic rings. The minimum absolute atomic E-state index is 0. The number of hydrogen-bond donors (Lipinski definition) is 1. The van der Waals surface area contributed by atoms with Crippen molar-refractivity contribution in [3.63, 3.8) is 0 Å². The first-order valence-corrected chi connectivity index (χ1v) is 13.0. The molecule has 3 aromatic carbocycles. The Morgan fingerprint density at radius 2 is 1.68 bits per heavy atom. The molecule has 5 nitrogen and oxygen atoms in total. The van der Waals surface area contributed by atoms with Crippen LogP contribution in [0.1, 0.15) is 35.1 Å². The lowest BCUT2D eigenvalue weighted by Gasteiger charge is -2.22. The van der Waals surface area contributed by atoms with E-state index in [0.717, 1.165) is 37.1 Å². The molecule has 0 unspecified atom stereocenters. The smallest absolute Gasteiger partial charge is 0.182 e. The maximum Gasteiger partial charge on any atom is 0.182 e. The van der Waals surface area contributed by atoms with Crippen LogP contribution in [0.25, 0.3) is 0 Å². The first kappa shape index (κ1) is 26.2. The zero-order valence-corrected chi connectivity index (χ0v) is 21.0. The van der Waals surface area contributed by atoms with E-state index in [0.29, 0.717) is 22.8 Å². The topological polar surface area (TPSA) is 66.8 Å². The number of halogens is 1. The summed E-state index contributed by atoms with van der Waals surface area (Å²) in [5, 5.41) is 9.50. The quantitative estimate of drug-likeness (QED) is 0.450. The Bertz CT molecular complexity index is 1170. The second kappa shape index (κ2) is 11.8. The van der Waals surface area contributed by atoms with E-state index in [9.17, 15) is 13.5 Å². The van der Waals surface area contributed by atoms with Crippen molar-refractivity contribution in [2.24, 2.45) is 0 Å². The van der Waals surface area contributed by atoms with Gasteiger partial charge in [0.25, 0.3) is 0 Å². The van der Waals surface area contributed by atoms with Crippen LogP contribution in [0.15, 0.2) is 77.7 Å². The number of ether oxygens (including phenoxy) is 1.